The standard InChI is InChI=1S/C17H19N3O5S/c1-4-18-17(23)20-13(21)9-25-16(22)14-10(2)19-15(26-14)11-5-7-12(24-3)8-6-11/h5-8H,4,9H2,1-3H3,(H2,18,20,21,23). The van der Waals surface area contributed by atoms with Gasteiger partial charge in [0, 0.05) is 12.1 Å². The molecular weight excluding hydrogens is 358 g/mol. The molecule has 0 fully saturated rings. The van der Waals surface area contributed by atoms with Gasteiger partial charge in [0.15, 0.2) is 6.61 Å². The molecule has 0 aliphatic carbocycles. The minimum atomic E-state index is -0.707. The zero-order valence-corrected chi connectivity index (χ0v) is 15.4. The summed E-state index contributed by atoms with van der Waals surface area (Å²) in [6, 6.07) is 6.65. The summed E-state index contributed by atoms with van der Waals surface area (Å²) in [5, 5.41) is 5.12. The second-order valence-electron chi connectivity index (χ2n) is 5.15. The minimum absolute atomic E-state index is 0.307. The molecule has 3 amide bonds. The molecule has 0 saturated heterocycles. The van der Waals surface area contributed by atoms with E-state index in [4.69, 9.17) is 9.47 Å². The number of nitrogens with zero attached hydrogens (tertiary/aromatic N) is 1. The van der Waals surface area contributed by atoms with Crippen LogP contribution in [0.2, 0.25) is 0 Å². The third-order valence-corrected chi connectivity index (χ3v) is 4.43. The molecule has 1 aromatic heterocycles. The highest BCUT2D eigenvalue weighted by atomic mass is 32.1. The Morgan fingerprint density at radius 3 is 2.50 bits per heavy atom. The number of rotatable bonds is 6. The van der Waals surface area contributed by atoms with E-state index in [0.717, 1.165) is 11.3 Å². The number of aryl methyl sites for hydroxylation is 1. The SMILES string of the molecule is CCNC(=O)NC(=O)COC(=O)c1sc(-c2ccc(OC)cc2)nc1C. The number of nitrogens with one attached hydrogen (secondary N) is 2. The van der Waals surface area contributed by atoms with E-state index in [1.165, 1.54) is 11.3 Å². The first-order chi connectivity index (χ1) is 12.4. The van der Waals surface area contributed by atoms with Gasteiger partial charge in [-0.15, -0.1) is 11.3 Å². The van der Waals surface area contributed by atoms with Crippen LogP contribution in [-0.4, -0.2) is 43.2 Å². The van der Waals surface area contributed by atoms with Gasteiger partial charge in [0.25, 0.3) is 5.91 Å². The lowest BCUT2D eigenvalue weighted by molar-refractivity contribution is -0.123. The summed E-state index contributed by atoms with van der Waals surface area (Å²) in [6.45, 7) is 3.24. The van der Waals surface area contributed by atoms with Gasteiger partial charge in [-0.1, -0.05) is 0 Å². The van der Waals surface area contributed by atoms with Crippen LogP contribution >= 0.6 is 11.3 Å². The molecular formula is C17H19N3O5S. The Morgan fingerprint density at radius 1 is 1.19 bits per heavy atom. The highest BCUT2D eigenvalue weighted by molar-refractivity contribution is 7.17. The van der Waals surface area contributed by atoms with Crippen LogP contribution < -0.4 is 15.4 Å². The van der Waals surface area contributed by atoms with E-state index in [-0.39, 0.29) is 0 Å². The monoisotopic (exact) mass is 377 g/mol. The largest absolute Gasteiger partial charge is 0.497 e. The molecule has 1 aromatic carbocycles. The van der Waals surface area contributed by atoms with Crippen molar-refractivity contribution in [2.45, 2.75) is 13.8 Å². The molecule has 2 N–H and O–H groups in total. The first-order valence-corrected chi connectivity index (χ1v) is 8.63. The predicted molar refractivity (Wildman–Crippen MR) is 96.3 cm³/mol. The van der Waals surface area contributed by atoms with E-state index in [1.807, 2.05) is 12.1 Å². The average molecular weight is 377 g/mol. The van der Waals surface area contributed by atoms with Gasteiger partial charge >= 0.3 is 12.0 Å². The Morgan fingerprint density at radius 2 is 1.88 bits per heavy atom. The molecule has 0 spiro atoms. The number of imide groups is 1. The van der Waals surface area contributed by atoms with Crippen LogP contribution in [0, 0.1) is 6.92 Å². The predicted octanol–water partition coefficient (Wildman–Crippen LogP) is 2.13. The molecule has 2 rings (SSSR count). The van der Waals surface area contributed by atoms with Crippen LogP contribution in [-0.2, 0) is 9.53 Å². The number of carbonyl (C=O) groups excluding carboxylic acids is 3. The van der Waals surface area contributed by atoms with Gasteiger partial charge in [-0.2, -0.15) is 0 Å². The Hall–Kier alpha value is -2.94. The lowest BCUT2D eigenvalue weighted by Crippen LogP contribution is -2.41. The van der Waals surface area contributed by atoms with Crippen molar-refractivity contribution < 1.29 is 23.9 Å². The Labute approximate surface area is 154 Å². The van der Waals surface area contributed by atoms with Gasteiger partial charge in [0.05, 0.1) is 12.8 Å². The van der Waals surface area contributed by atoms with Gasteiger partial charge < -0.3 is 14.8 Å². The molecule has 138 valence electrons. The van der Waals surface area contributed by atoms with Crippen molar-refractivity contribution in [1.29, 1.82) is 0 Å². The van der Waals surface area contributed by atoms with Gasteiger partial charge in [-0.05, 0) is 38.1 Å². The molecule has 0 atom stereocenters. The van der Waals surface area contributed by atoms with Crippen molar-refractivity contribution in [3.8, 4) is 16.3 Å². The van der Waals surface area contributed by atoms with E-state index >= 15 is 0 Å². The van der Waals surface area contributed by atoms with Gasteiger partial charge in [-0.25, -0.2) is 14.6 Å². The van der Waals surface area contributed by atoms with Gasteiger partial charge in [0.2, 0.25) is 0 Å². The number of benzene rings is 1. The summed E-state index contributed by atoms with van der Waals surface area (Å²) < 4.78 is 10.1. The van der Waals surface area contributed by atoms with Crippen molar-refractivity contribution in [2.24, 2.45) is 0 Å². The van der Waals surface area contributed by atoms with Crippen molar-refractivity contribution >= 4 is 29.2 Å². The fourth-order valence-electron chi connectivity index (χ4n) is 2.01. The van der Waals surface area contributed by atoms with Crippen LogP contribution in [0.15, 0.2) is 24.3 Å². The number of hydrogen-bond acceptors (Lipinski definition) is 7. The fourth-order valence-corrected chi connectivity index (χ4v) is 2.97. The van der Waals surface area contributed by atoms with Crippen LogP contribution in [0.4, 0.5) is 4.79 Å². The number of thiazole rings is 1. The molecule has 0 saturated carbocycles. The molecule has 0 radical (unpaired) electrons. The Bertz CT molecular complexity index is 801. The number of ether oxygens (including phenoxy) is 2. The number of methoxy groups -OCH3 is 1. The van der Waals surface area contributed by atoms with Crippen LogP contribution in [0.3, 0.4) is 0 Å². The number of esters is 1. The highest BCUT2D eigenvalue weighted by Crippen LogP contribution is 2.29. The lowest BCUT2D eigenvalue weighted by atomic mass is 10.2. The molecule has 1 heterocycles. The maximum atomic E-state index is 12.2. The quantitative estimate of drug-likeness (QED) is 0.747. The Balaban J connectivity index is 2.00. The van der Waals surface area contributed by atoms with Crippen LogP contribution in [0.5, 0.6) is 5.75 Å². The number of hydrogen-bond donors (Lipinski definition) is 2. The molecule has 9 heteroatoms. The maximum Gasteiger partial charge on any atom is 0.350 e. The first kappa shape index (κ1) is 19.4. The second kappa shape index (κ2) is 8.95. The minimum Gasteiger partial charge on any atom is -0.497 e. The van der Waals surface area contributed by atoms with Crippen LogP contribution in [0.25, 0.3) is 10.6 Å². The van der Waals surface area contributed by atoms with E-state index in [0.29, 0.717) is 22.1 Å². The fraction of sp³-hybridized carbons (Fsp3) is 0.294. The average Bonchev–Trinajstić information content (AvgIpc) is 3.01. The van der Waals surface area contributed by atoms with E-state index in [2.05, 4.69) is 15.6 Å². The molecule has 0 bridgehead atoms. The number of amides is 3. The van der Waals surface area contributed by atoms with Crippen molar-refractivity contribution in [2.75, 3.05) is 20.3 Å². The van der Waals surface area contributed by atoms with Crippen molar-refractivity contribution in [1.82, 2.24) is 15.6 Å². The molecule has 2 aromatic rings. The molecule has 0 aliphatic heterocycles. The van der Waals surface area contributed by atoms with Crippen molar-refractivity contribution in [3.05, 3.63) is 34.8 Å². The van der Waals surface area contributed by atoms with Gasteiger partial charge in [0.1, 0.15) is 15.6 Å². The Kier molecular flexibility index (Phi) is 6.67. The number of carbonyl (C=O) groups is 3. The summed E-state index contributed by atoms with van der Waals surface area (Å²) in [4.78, 5) is 39.6. The lowest BCUT2D eigenvalue weighted by Gasteiger charge is -2.05. The molecule has 26 heavy (non-hydrogen) atoms. The summed E-state index contributed by atoms with van der Waals surface area (Å²) >= 11 is 1.17. The van der Waals surface area contributed by atoms with Crippen LogP contribution in [0.1, 0.15) is 22.3 Å². The van der Waals surface area contributed by atoms with Crippen molar-refractivity contribution in [3.63, 3.8) is 0 Å². The zero-order chi connectivity index (χ0) is 19.1. The third-order valence-electron chi connectivity index (χ3n) is 3.24. The number of urea groups is 1. The normalized spacial score (nSPS) is 10.1. The summed E-state index contributed by atoms with van der Waals surface area (Å²) in [5.74, 6) is -0.646. The summed E-state index contributed by atoms with van der Waals surface area (Å²) in [5.41, 5.74) is 1.35. The number of aromatic nitrogens is 1. The highest BCUT2D eigenvalue weighted by Gasteiger charge is 2.19. The molecule has 0 unspecified atom stereocenters. The zero-order valence-electron chi connectivity index (χ0n) is 14.6. The summed E-state index contributed by atoms with van der Waals surface area (Å²) in [6.07, 6.45) is 0. The van der Waals surface area contributed by atoms with Gasteiger partial charge in [-0.3, -0.25) is 10.1 Å². The topological polar surface area (TPSA) is 107 Å². The second-order valence-corrected chi connectivity index (χ2v) is 6.14. The van der Waals surface area contributed by atoms with E-state index in [1.54, 1.807) is 33.1 Å². The molecule has 0 aliphatic rings. The maximum absolute atomic E-state index is 12.2. The van der Waals surface area contributed by atoms with E-state index in [9.17, 15) is 14.4 Å². The van der Waals surface area contributed by atoms with E-state index < -0.39 is 24.5 Å². The summed E-state index contributed by atoms with van der Waals surface area (Å²) in [7, 11) is 1.58. The molecule has 8 nitrogen and oxygen atoms in total. The third kappa shape index (κ3) is 5.03. The smallest absolute Gasteiger partial charge is 0.350 e. The first-order valence-electron chi connectivity index (χ1n) is 7.81.